The lowest BCUT2D eigenvalue weighted by Gasteiger charge is -1.95. The summed E-state index contributed by atoms with van der Waals surface area (Å²) in [5.74, 6) is 1.17. The van der Waals surface area contributed by atoms with Gasteiger partial charge in [0.2, 0.25) is 0 Å². The topological polar surface area (TPSA) is 28.7 Å². The highest BCUT2D eigenvalue weighted by molar-refractivity contribution is 6.32. The standard InChI is InChI=1S/C9H8Cl2N2/c1-5-2-7-8(3-6(5)11)13-9(4-10)12-7/h2-3H,4H2,1H3,(H,12,13). The lowest BCUT2D eigenvalue weighted by molar-refractivity contribution is 1.13. The zero-order chi connectivity index (χ0) is 9.42. The SMILES string of the molecule is Cc1cc2[nH]c(CCl)nc2cc1Cl. The van der Waals surface area contributed by atoms with Crippen LogP contribution in [0, 0.1) is 6.92 Å². The Hall–Kier alpha value is -0.730. The summed E-state index contributed by atoms with van der Waals surface area (Å²) in [6, 6.07) is 3.82. The first kappa shape index (κ1) is 8.85. The maximum absolute atomic E-state index is 5.95. The summed E-state index contributed by atoms with van der Waals surface area (Å²) in [5, 5.41) is 0.736. The molecule has 68 valence electrons. The van der Waals surface area contributed by atoms with Crippen molar-refractivity contribution in [1.29, 1.82) is 0 Å². The first-order valence-electron chi connectivity index (χ1n) is 3.91. The summed E-state index contributed by atoms with van der Waals surface area (Å²) in [5.41, 5.74) is 2.89. The van der Waals surface area contributed by atoms with E-state index in [1.54, 1.807) is 0 Å². The number of aryl methyl sites for hydroxylation is 1. The maximum atomic E-state index is 5.95. The number of H-pyrrole nitrogens is 1. The van der Waals surface area contributed by atoms with Crippen LogP contribution in [-0.4, -0.2) is 9.97 Å². The fourth-order valence-corrected chi connectivity index (χ4v) is 1.54. The Bertz CT molecular complexity index is 409. The minimum absolute atomic E-state index is 0.394. The van der Waals surface area contributed by atoms with Crippen molar-refractivity contribution in [3.8, 4) is 0 Å². The van der Waals surface area contributed by atoms with E-state index in [4.69, 9.17) is 23.2 Å². The fraction of sp³-hybridized carbons (Fsp3) is 0.222. The molecule has 0 saturated carbocycles. The smallest absolute Gasteiger partial charge is 0.122 e. The molecule has 0 aliphatic rings. The highest BCUT2D eigenvalue weighted by Crippen LogP contribution is 2.21. The van der Waals surface area contributed by atoms with Crippen LogP contribution in [0.2, 0.25) is 5.02 Å². The van der Waals surface area contributed by atoms with Gasteiger partial charge in [0.15, 0.2) is 0 Å². The van der Waals surface area contributed by atoms with Gasteiger partial charge in [-0.3, -0.25) is 0 Å². The van der Waals surface area contributed by atoms with Gasteiger partial charge in [0.05, 0.1) is 16.9 Å². The third kappa shape index (κ3) is 1.52. The van der Waals surface area contributed by atoms with Gasteiger partial charge in [0.25, 0.3) is 0 Å². The fourth-order valence-electron chi connectivity index (χ4n) is 1.26. The molecule has 0 bridgehead atoms. The van der Waals surface area contributed by atoms with Gasteiger partial charge in [-0.2, -0.15) is 0 Å². The van der Waals surface area contributed by atoms with E-state index < -0.39 is 0 Å². The molecule has 0 atom stereocenters. The van der Waals surface area contributed by atoms with Crippen LogP contribution in [0.4, 0.5) is 0 Å². The Morgan fingerprint density at radius 1 is 1.46 bits per heavy atom. The van der Waals surface area contributed by atoms with Crippen molar-refractivity contribution >= 4 is 34.2 Å². The van der Waals surface area contributed by atoms with Gasteiger partial charge in [-0.1, -0.05) is 11.6 Å². The second-order valence-electron chi connectivity index (χ2n) is 2.94. The number of hydrogen-bond acceptors (Lipinski definition) is 1. The monoisotopic (exact) mass is 214 g/mol. The van der Waals surface area contributed by atoms with Gasteiger partial charge < -0.3 is 4.98 Å². The lowest BCUT2D eigenvalue weighted by Crippen LogP contribution is -1.77. The molecule has 0 saturated heterocycles. The molecular formula is C9H8Cl2N2. The van der Waals surface area contributed by atoms with Gasteiger partial charge in [-0.05, 0) is 24.6 Å². The third-order valence-corrected chi connectivity index (χ3v) is 2.60. The van der Waals surface area contributed by atoms with E-state index in [0.717, 1.165) is 27.4 Å². The Morgan fingerprint density at radius 2 is 2.23 bits per heavy atom. The Kier molecular flexibility index (Phi) is 2.18. The lowest BCUT2D eigenvalue weighted by atomic mass is 10.2. The molecule has 0 fully saturated rings. The summed E-state index contributed by atoms with van der Waals surface area (Å²) in [4.78, 5) is 7.37. The molecule has 0 radical (unpaired) electrons. The summed E-state index contributed by atoms with van der Waals surface area (Å²) < 4.78 is 0. The van der Waals surface area contributed by atoms with E-state index in [9.17, 15) is 0 Å². The first-order chi connectivity index (χ1) is 6.20. The number of imidazole rings is 1. The van der Waals surface area contributed by atoms with Gasteiger partial charge in [0.1, 0.15) is 5.82 Å². The molecule has 0 aliphatic heterocycles. The van der Waals surface area contributed by atoms with Crippen LogP contribution in [0.3, 0.4) is 0 Å². The largest absolute Gasteiger partial charge is 0.341 e. The van der Waals surface area contributed by atoms with Crippen molar-refractivity contribution in [3.63, 3.8) is 0 Å². The molecule has 0 amide bonds. The molecule has 2 nitrogen and oxygen atoms in total. The Balaban J connectivity index is 2.70. The van der Waals surface area contributed by atoms with Gasteiger partial charge in [0, 0.05) is 5.02 Å². The van der Waals surface area contributed by atoms with Crippen molar-refractivity contribution < 1.29 is 0 Å². The molecule has 1 N–H and O–H groups in total. The molecule has 0 unspecified atom stereocenters. The van der Waals surface area contributed by atoms with Crippen LogP contribution in [0.5, 0.6) is 0 Å². The second kappa shape index (κ2) is 3.20. The average molecular weight is 215 g/mol. The van der Waals surface area contributed by atoms with Crippen LogP contribution >= 0.6 is 23.2 Å². The average Bonchev–Trinajstić information content (AvgIpc) is 2.48. The van der Waals surface area contributed by atoms with Crippen molar-refractivity contribution in [2.75, 3.05) is 0 Å². The minimum Gasteiger partial charge on any atom is -0.341 e. The van der Waals surface area contributed by atoms with E-state index >= 15 is 0 Å². The zero-order valence-electron chi connectivity index (χ0n) is 7.06. The summed E-state index contributed by atoms with van der Waals surface area (Å²) >= 11 is 11.6. The molecule has 2 rings (SSSR count). The predicted octanol–water partition coefficient (Wildman–Crippen LogP) is 3.26. The van der Waals surface area contributed by atoms with Crippen LogP contribution < -0.4 is 0 Å². The maximum Gasteiger partial charge on any atom is 0.122 e. The van der Waals surface area contributed by atoms with E-state index in [2.05, 4.69) is 9.97 Å². The quantitative estimate of drug-likeness (QED) is 0.726. The van der Waals surface area contributed by atoms with E-state index in [1.165, 1.54) is 0 Å². The van der Waals surface area contributed by atoms with E-state index in [1.807, 2.05) is 19.1 Å². The number of aromatic amines is 1. The highest BCUT2D eigenvalue weighted by atomic mass is 35.5. The molecule has 1 aromatic carbocycles. The third-order valence-electron chi connectivity index (χ3n) is 1.94. The van der Waals surface area contributed by atoms with Crippen molar-refractivity contribution in [3.05, 3.63) is 28.5 Å². The number of rotatable bonds is 1. The molecule has 1 heterocycles. The molecule has 1 aromatic heterocycles. The summed E-state index contributed by atoms with van der Waals surface area (Å²) in [6.07, 6.45) is 0. The number of fused-ring (bicyclic) bond motifs is 1. The van der Waals surface area contributed by atoms with E-state index in [-0.39, 0.29) is 0 Å². The van der Waals surface area contributed by atoms with Crippen LogP contribution in [-0.2, 0) is 5.88 Å². The van der Waals surface area contributed by atoms with Crippen molar-refractivity contribution in [1.82, 2.24) is 9.97 Å². The predicted molar refractivity (Wildman–Crippen MR) is 55.4 cm³/mol. The molecule has 13 heavy (non-hydrogen) atoms. The Labute approximate surface area is 85.9 Å². The minimum atomic E-state index is 0.394. The van der Waals surface area contributed by atoms with Gasteiger partial charge >= 0.3 is 0 Å². The highest BCUT2D eigenvalue weighted by Gasteiger charge is 2.04. The van der Waals surface area contributed by atoms with E-state index in [0.29, 0.717) is 5.88 Å². The first-order valence-corrected chi connectivity index (χ1v) is 4.82. The summed E-state index contributed by atoms with van der Waals surface area (Å²) in [6.45, 7) is 1.96. The summed E-state index contributed by atoms with van der Waals surface area (Å²) in [7, 11) is 0. The molecule has 2 aromatic rings. The van der Waals surface area contributed by atoms with Crippen molar-refractivity contribution in [2.45, 2.75) is 12.8 Å². The number of aromatic nitrogens is 2. The Morgan fingerprint density at radius 3 is 2.92 bits per heavy atom. The van der Waals surface area contributed by atoms with Crippen molar-refractivity contribution in [2.24, 2.45) is 0 Å². The molecule has 0 aliphatic carbocycles. The molecule has 0 spiro atoms. The number of hydrogen-bond donors (Lipinski definition) is 1. The number of halogens is 2. The van der Waals surface area contributed by atoms with Crippen LogP contribution in [0.25, 0.3) is 11.0 Å². The number of benzene rings is 1. The normalized spacial score (nSPS) is 11.0. The zero-order valence-corrected chi connectivity index (χ0v) is 8.58. The number of nitrogens with zero attached hydrogens (tertiary/aromatic N) is 1. The van der Waals surface area contributed by atoms with Crippen LogP contribution in [0.15, 0.2) is 12.1 Å². The van der Waals surface area contributed by atoms with Gasteiger partial charge in [-0.15, -0.1) is 11.6 Å². The van der Waals surface area contributed by atoms with Gasteiger partial charge in [-0.25, -0.2) is 4.98 Å². The molecule has 4 heteroatoms. The number of alkyl halides is 1. The number of nitrogens with one attached hydrogen (secondary N) is 1. The second-order valence-corrected chi connectivity index (χ2v) is 3.61. The van der Waals surface area contributed by atoms with Crippen LogP contribution in [0.1, 0.15) is 11.4 Å². The molecular weight excluding hydrogens is 207 g/mol.